The van der Waals surface area contributed by atoms with Crippen LogP contribution < -0.4 is 0 Å². The number of benzene rings is 2. The van der Waals surface area contributed by atoms with E-state index in [9.17, 15) is 19.8 Å². The van der Waals surface area contributed by atoms with Crippen molar-refractivity contribution in [1.82, 2.24) is 9.80 Å². The predicted octanol–water partition coefficient (Wildman–Crippen LogP) is 2.29. The molecule has 0 amide bonds. The van der Waals surface area contributed by atoms with Crippen LogP contribution in [0.25, 0.3) is 0 Å². The number of ether oxygens (including phenoxy) is 2. The van der Waals surface area contributed by atoms with Crippen molar-refractivity contribution in [2.75, 3.05) is 26.2 Å². The van der Waals surface area contributed by atoms with Gasteiger partial charge in [0, 0.05) is 50.2 Å². The molecule has 2 N–H and O–H groups in total. The molecule has 4 heterocycles. The Labute approximate surface area is 210 Å². The van der Waals surface area contributed by atoms with Crippen molar-refractivity contribution in [3.63, 3.8) is 0 Å². The Morgan fingerprint density at radius 1 is 0.972 bits per heavy atom. The van der Waals surface area contributed by atoms with Gasteiger partial charge in [-0.15, -0.1) is 0 Å². The largest absolute Gasteiger partial charge is 0.459 e. The third kappa shape index (κ3) is 4.02. The molecule has 2 aromatic rings. The van der Waals surface area contributed by atoms with Gasteiger partial charge in [-0.25, -0.2) is 9.59 Å². The summed E-state index contributed by atoms with van der Waals surface area (Å²) in [4.78, 5) is 28.6. The molecule has 0 radical (unpaired) electrons. The number of aliphatic hydroxyl groups excluding tert-OH is 2. The van der Waals surface area contributed by atoms with Crippen molar-refractivity contribution in [1.29, 1.82) is 0 Å². The van der Waals surface area contributed by atoms with Crippen molar-refractivity contribution in [3.05, 3.63) is 69.3 Å². The van der Waals surface area contributed by atoms with Gasteiger partial charge in [0.2, 0.25) is 0 Å². The minimum atomic E-state index is -0.631. The number of fused-ring (bicyclic) bond motifs is 4. The smallest absolute Gasteiger partial charge is 0.338 e. The summed E-state index contributed by atoms with van der Waals surface area (Å²) in [6, 6.07) is 9.85. The molecule has 2 fully saturated rings. The fourth-order valence-corrected chi connectivity index (χ4v) is 6.44. The lowest BCUT2D eigenvalue weighted by molar-refractivity contribution is 0.0299. The number of hydrogen-bond donors (Lipinski definition) is 2. The second kappa shape index (κ2) is 8.95. The highest BCUT2D eigenvalue weighted by molar-refractivity contribution is 5.94. The predicted molar refractivity (Wildman–Crippen MR) is 131 cm³/mol. The normalized spacial score (nSPS) is 26.9. The van der Waals surface area contributed by atoms with E-state index in [1.807, 2.05) is 32.0 Å². The summed E-state index contributed by atoms with van der Waals surface area (Å²) in [6.07, 6.45) is 0.290. The van der Waals surface area contributed by atoms with Crippen LogP contribution in [0.3, 0.4) is 0 Å². The molecule has 0 aliphatic carbocycles. The average Bonchev–Trinajstić information content (AvgIpc) is 3.53. The van der Waals surface area contributed by atoms with Crippen molar-refractivity contribution in [2.24, 2.45) is 0 Å². The first-order chi connectivity index (χ1) is 17.3. The molecule has 0 spiro atoms. The van der Waals surface area contributed by atoms with E-state index >= 15 is 0 Å². The highest BCUT2D eigenvalue weighted by Crippen LogP contribution is 2.35. The number of cyclic esters (lactones) is 2. The molecule has 2 bridgehead atoms. The molecular formula is C28H32N2O6. The number of likely N-dealkylation sites (tertiary alicyclic amines) is 2. The van der Waals surface area contributed by atoms with Gasteiger partial charge in [0.1, 0.15) is 12.7 Å². The SMILES string of the molecule is Cc1c(C(O)CN2C[C@@H]3C[C@H]2CN3CC(O)c2ccc3c(c2)C[C@@H](C)OC3=O)ccc2c1COC2=O. The molecule has 4 aliphatic heterocycles. The van der Waals surface area contributed by atoms with Crippen LogP contribution in [0.2, 0.25) is 0 Å². The lowest BCUT2D eigenvalue weighted by Crippen LogP contribution is -2.48. The second-order valence-corrected chi connectivity index (χ2v) is 10.7. The molecule has 2 saturated heterocycles. The molecule has 0 saturated carbocycles. The van der Waals surface area contributed by atoms with E-state index in [0.717, 1.165) is 47.3 Å². The fraction of sp³-hybridized carbons (Fsp3) is 0.500. The Hall–Kier alpha value is -2.78. The molecule has 8 heteroatoms. The van der Waals surface area contributed by atoms with Crippen molar-refractivity contribution in [3.8, 4) is 0 Å². The zero-order chi connectivity index (χ0) is 25.1. The van der Waals surface area contributed by atoms with Crippen LogP contribution in [0.5, 0.6) is 0 Å². The Morgan fingerprint density at radius 3 is 2.39 bits per heavy atom. The van der Waals surface area contributed by atoms with Gasteiger partial charge in [-0.2, -0.15) is 0 Å². The lowest BCUT2D eigenvalue weighted by atomic mass is 9.95. The average molecular weight is 493 g/mol. The van der Waals surface area contributed by atoms with Crippen molar-refractivity contribution < 1.29 is 29.3 Å². The number of piperazine rings is 1. The summed E-state index contributed by atoms with van der Waals surface area (Å²) in [5.41, 5.74) is 5.65. The number of aliphatic hydroxyl groups is 2. The van der Waals surface area contributed by atoms with Crippen molar-refractivity contribution in [2.45, 2.75) is 63.7 Å². The van der Waals surface area contributed by atoms with E-state index in [2.05, 4.69) is 9.80 Å². The van der Waals surface area contributed by atoms with Gasteiger partial charge in [0.25, 0.3) is 0 Å². The Kier molecular flexibility index (Phi) is 5.87. The van der Waals surface area contributed by atoms with Gasteiger partial charge in [0.15, 0.2) is 0 Å². The summed E-state index contributed by atoms with van der Waals surface area (Å²) in [5, 5.41) is 22.0. The molecule has 0 aromatic heterocycles. The number of carbonyl (C=O) groups excluding carboxylic acids is 2. The quantitative estimate of drug-likeness (QED) is 0.593. The van der Waals surface area contributed by atoms with Gasteiger partial charge in [-0.3, -0.25) is 9.80 Å². The fourth-order valence-electron chi connectivity index (χ4n) is 6.44. The number of esters is 2. The van der Waals surface area contributed by atoms with Crippen molar-refractivity contribution >= 4 is 11.9 Å². The van der Waals surface area contributed by atoms with Gasteiger partial charge in [-0.05, 0) is 54.7 Å². The molecule has 2 aromatic carbocycles. The standard InChI is InChI=1S/C28H32N2O6/c1-15-7-18-8-17(3-4-22(18)28(34)36-15)25(31)12-29-10-20-9-19(29)11-30(20)13-26(32)21-5-6-23-24(16(21)2)14-35-27(23)33/h3-6,8,15,19-20,25-26,31-32H,7,9-14H2,1-2H3/t15-,19+,20+,25?,26?/m1/s1. The summed E-state index contributed by atoms with van der Waals surface area (Å²) in [7, 11) is 0. The van der Waals surface area contributed by atoms with Gasteiger partial charge in [0.05, 0.1) is 23.3 Å². The zero-order valence-electron chi connectivity index (χ0n) is 20.6. The monoisotopic (exact) mass is 492 g/mol. The topological polar surface area (TPSA) is 99.5 Å². The molecule has 2 unspecified atom stereocenters. The molecule has 5 atom stereocenters. The van der Waals surface area contributed by atoms with E-state index in [4.69, 9.17) is 9.47 Å². The van der Waals surface area contributed by atoms with Crippen LogP contribution in [0.1, 0.15) is 74.1 Å². The van der Waals surface area contributed by atoms with Crippen LogP contribution in [-0.4, -0.2) is 76.3 Å². The van der Waals surface area contributed by atoms with Gasteiger partial charge >= 0.3 is 11.9 Å². The maximum absolute atomic E-state index is 12.1. The molecule has 4 aliphatic rings. The molecular weight excluding hydrogens is 460 g/mol. The summed E-state index contributed by atoms with van der Waals surface area (Å²) < 4.78 is 10.4. The van der Waals surface area contributed by atoms with Crippen LogP contribution >= 0.6 is 0 Å². The van der Waals surface area contributed by atoms with E-state index < -0.39 is 12.2 Å². The Bertz CT molecular complexity index is 1230. The third-order valence-electron chi connectivity index (χ3n) is 8.40. The molecule has 8 nitrogen and oxygen atoms in total. The first kappa shape index (κ1) is 23.6. The minimum Gasteiger partial charge on any atom is -0.459 e. The second-order valence-electron chi connectivity index (χ2n) is 10.7. The molecule has 36 heavy (non-hydrogen) atoms. The van der Waals surface area contributed by atoms with Crippen LogP contribution in [0, 0.1) is 6.92 Å². The van der Waals surface area contributed by atoms with Crippen LogP contribution in [-0.2, 0) is 22.5 Å². The number of hydrogen-bond acceptors (Lipinski definition) is 8. The molecule has 190 valence electrons. The Balaban J connectivity index is 1.07. The van der Waals surface area contributed by atoms with E-state index in [1.54, 1.807) is 12.1 Å². The van der Waals surface area contributed by atoms with Gasteiger partial charge in [-0.1, -0.05) is 18.2 Å². The summed E-state index contributed by atoms with van der Waals surface area (Å²) >= 11 is 0. The van der Waals surface area contributed by atoms with E-state index in [0.29, 0.717) is 42.7 Å². The highest BCUT2D eigenvalue weighted by atomic mass is 16.5. The first-order valence-corrected chi connectivity index (χ1v) is 12.8. The lowest BCUT2D eigenvalue weighted by Gasteiger charge is -2.36. The van der Waals surface area contributed by atoms with Crippen LogP contribution in [0.4, 0.5) is 0 Å². The first-order valence-electron chi connectivity index (χ1n) is 12.8. The van der Waals surface area contributed by atoms with E-state index in [-0.39, 0.29) is 24.6 Å². The Morgan fingerprint density at radius 2 is 1.67 bits per heavy atom. The summed E-state index contributed by atoms with van der Waals surface area (Å²) in [6.45, 7) is 6.92. The number of β-amino-alcohol motifs (C(OH)–C–C–N with tert-alkyl or cyclic N) is 2. The molecule has 6 rings (SSSR count). The minimum absolute atomic E-state index is 0.149. The maximum Gasteiger partial charge on any atom is 0.338 e. The van der Waals surface area contributed by atoms with Crippen LogP contribution in [0.15, 0.2) is 30.3 Å². The van der Waals surface area contributed by atoms with E-state index in [1.165, 1.54) is 0 Å². The summed E-state index contributed by atoms with van der Waals surface area (Å²) in [5.74, 6) is -0.582. The maximum atomic E-state index is 12.1. The van der Waals surface area contributed by atoms with Gasteiger partial charge < -0.3 is 19.7 Å². The zero-order valence-corrected chi connectivity index (χ0v) is 20.6. The number of nitrogens with zero attached hydrogens (tertiary/aromatic N) is 2. The number of carbonyl (C=O) groups is 2. The third-order valence-corrected chi connectivity index (χ3v) is 8.40. The number of rotatable bonds is 6. The highest BCUT2D eigenvalue weighted by Gasteiger charge is 2.44.